The topological polar surface area (TPSA) is 88.2 Å². The van der Waals surface area contributed by atoms with Crippen LogP contribution in [0.3, 0.4) is 0 Å². The first-order valence-corrected chi connectivity index (χ1v) is 8.21. The second kappa shape index (κ2) is 6.95. The fraction of sp³-hybridized carbons (Fsp3) is 0.500. The van der Waals surface area contributed by atoms with E-state index in [9.17, 15) is 26.4 Å². The van der Waals surface area contributed by atoms with Crippen molar-refractivity contribution in [3.8, 4) is 0 Å². The first-order valence-electron chi connectivity index (χ1n) is 6.25. The van der Waals surface area contributed by atoms with Crippen LogP contribution in [0.5, 0.6) is 0 Å². The minimum atomic E-state index is -4.44. The highest BCUT2D eigenvalue weighted by Crippen LogP contribution is 2.28. The number of hydrogen-bond donors (Lipinski definition) is 2. The van der Waals surface area contributed by atoms with E-state index in [2.05, 4.69) is 15.6 Å². The van der Waals surface area contributed by atoms with Crippen LogP contribution in [-0.2, 0) is 20.8 Å². The summed E-state index contributed by atoms with van der Waals surface area (Å²) in [5.41, 5.74) is -0.853. The lowest BCUT2D eigenvalue weighted by molar-refractivity contribution is -0.137. The van der Waals surface area contributed by atoms with E-state index in [1.807, 2.05) is 0 Å². The monoisotopic (exact) mass is 339 g/mol. The average Bonchev–Trinajstić information content (AvgIpc) is 2.41. The van der Waals surface area contributed by atoms with Crippen LogP contribution >= 0.6 is 0 Å². The molecule has 10 heteroatoms. The molecule has 0 bridgehead atoms. The molecule has 0 aliphatic heterocycles. The molecule has 22 heavy (non-hydrogen) atoms. The van der Waals surface area contributed by atoms with Crippen molar-refractivity contribution in [2.75, 3.05) is 24.7 Å². The maximum Gasteiger partial charge on any atom is 0.417 e. The van der Waals surface area contributed by atoms with Gasteiger partial charge in [0.15, 0.2) is 9.84 Å². The Morgan fingerprint density at radius 2 is 1.95 bits per heavy atom. The molecule has 2 N–H and O–H groups in total. The Morgan fingerprint density at radius 1 is 1.32 bits per heavy atom. The SMILES string of the molecule is CC(C(=O)NCCNc1ccc(C(F)(F)F)cn1)S(C)(=O)=O. The second-order valence-corrected chi connectivity index (χ2v) is 6.99. The maximum absolute atomic E-state index is 12.3. The molecule has 1 unspecified atom stereocenters. The molecule has 1 aromatic heterocycles. The van der Waals surface area contributed by atoms with Crippen LogP contribution < -0.4 is 10.6 Å². The second-order valence-electron chi connectivity index (χ2n) is 4.62. The van der Waals surface area contributed by atoms with Gasteiger partial charge in [0.1, 0.15) is 11.1 Å². The number of halogens is 3. The molecule has 0 aromatic carbocycles. The molecule has 0 saturated heterocycles. The largest absolute Gasteiger partial charge is 0.417 e. The van der Waals surface area contributed by atoms with E-state index in [1.54, 1.807) is 0 Å². The number of aromatic nitrogens is 1. The quantitative estimate of drug-likeness (QED) is 0.757. The summed E-state index contributed by atoms with van der Waals surface area (Å²) in [5, 5.41) is 3.96. The molecular weight excluding hydrogens is 323 g/mol. The zero-order chi connectivity index (χ0) is 17.0. The van der Waals surface area contributed by atoms with E-state index >= 15 is 0 Å². The third kappa shape index (κ3) is 5.51. The zero-order valence-corrected chi connectivity index (χ0v) is 12.8. The van der Waals surface area contributed by atoms with E-state index in [0.29, 0.717) is 6.20 Å². The molecule has 1 aromatic rings. The molecule has 1 amide bonds. The van der Waals surface area contributed by atoms with E-state index in [4.69, 9.17) is 0 Å². The normalized spacial score (nSPS) is 13.5. The van der Waals surface area contributed by atoms with Gasteiger partial charge in [0.2, 0.25) is 5.91 Å². The number of hydrogen-bond acceptors (Lipinski definition) is 5. The zero-order valence-electron chi connectivity index (χ0n) is 11.9. The summed E-state index contributed by atoms with van der Waals surface area (Å²) in [5.74, 6) is -0.414. The van der Waals surface area contributed by atoms with Gasteiger partial charge in [-0.2, -0.15) is 13.2 Å². The fourth-order valence-corrected chi connectivity index (χ4v) is 1.85. The molecular formula is C12H16F3N3O3S. The highest BCUT2D eigenvalue weighted by Gasteiger charge is 2.30. The molecule has 0 spiro atoms. The minimum absolute atomic E-state index is 0.112. The van der Waals surface area contributed by atoms with Crippen molar-refractivity contribution in [3.63, 3.8) is 0 Å². The van der Waals surface area contributed by atoms with E-state index in [1.165, 1.54) is 13.0 Å². The lowest BCUT2D eigenvalue weighted by atomic mass is 10.3. The first-order chi connectivity index (χ1) is 10.0. The average molecular weight is 339 g/mol. The number of carbonyl (C=O) groups is 1. The van der Waals surface area contributed by atoms with Crippen LogP contribution in [0.25, 0.3) is 0 Å². The predicted molar refractivity (Wildman–Crippen MR) is 75.0 cm³/mol. The molecule has 0 aliphatic rings. The van der Waals surface area contributed by atoms with Gasteiger partial charge in [-0.1, -0.05) is 0 Å². The Labute approximate surface area is 126 Å². The summed E-state index contributed by atoms with van der Waals surface area (Å²) in [6.07, 6.45) is -2.78. The highest BCUT2D eigenvalue weighted by molar-refractivity contribution is 7.92. The van der Waals surface area contributed by atoms with Gasteiger partial charge in [-0.05, 0) is 19.1 Å². The molecule has 1 atom stereocenters. The number of nitrogens with zero attached hydrogens (tertiary/aromatic N) is 1. The van der Waals surface area contributed by atoms with Gasteiger partial charge in [-0.15, -0.1) is 0 Å². The van der Waals surface area contributed by atoms with Crippen molar-refractivity contribution in [1.82, 2.24) is 10.3 Å². The Kier molecular flexibility index (Phi) is 5.75. The number of rotatable bonds is 6. The smallest absolute Gasteiger partial charge is 0.368 e. The van der Waals surface area contributed by atoms with Crippen LogP contribution in [0.2, 0.25) is 0 Å². The first kappa shape index (κ1) is 18.2. The Morgan fingerprint density at radius 3 is 2.41 bits per heavy atom. The molecule has 0 saturated carbocycles. The number of carbonyl (C=O) groups excluding carboxylic acids is 1. The van der Waals surface area contributed by atoms with Crippen molar-refractivity contribution < 1.29 is 26.4 Å². The standard InChI is InChI=1S/C12H16F3N3O3S/c1-8(22(2,20)21)11(19)17-6-5-16-10-4-3-9(7-18-10)12(13,14)15/h3-4,7-8H,5-6H2,1-2H3,(H,16,18)(H,17,19). The van der Waals surface area contributed by atoms with E-state index in [-0.39, 0.29) is 18.9 Å². The summed E-state index contributed by atoms with van der Waals surface area (Å²) in [6.45, 7) is 1.58. The molecule has 1 rings (SSSR count). The maximum atomic E-state index is 12.3. The van der Waals surface area contributed by atoms with Crippen LogP contribution in [0.15, 0.2) is 18.3 Å². The van der Waals surface area contributed by atoms with Crippen LogP contribution in [0.1, 0.15) is 12.5 Å². The molecule has 0 aliphatic carbocycles. The number of anilines is 1. The van der Waals surface area contributed by atoms with Crippen molar-refractivity contribution >= 4 is 21.6 Å². The van der Waals surface area contributed by atoms with Gasteiger partial charge < -0.3 is 10.6 Å². The van der Waals surface area contributed by atoms with Crippen LogP contribution in [0, 0.1) is 0 Å². The Bertz CT molecular complexity index is 615. The van der Waals surface area contributed by atoms with Gasteiger partial charge >= 0.3 is 6.18 Å². The summed E-state index contributed by atoms with van der Waals surface area (Å²) in [6, 6.07) is 2.06. The van der Waals surface area contributed by atoms with Crippen molar-refractivity contribution in [3.05, 3.63) is 23.9 Å². The number of sulfone groups is 1. The highest BCUT2D eigenvalue weighted by atomic mass is 32.2. The fourth-order valence-electron chi connectivity index (χ4n) is 1.38. The van der Waals surface area contributed by atoms with Gasteiger partial charge in [0.25, 0.3) is 0 Å². The molecule has 6 nitrogen and oxygen atoms in total. The number of alkyl halides is 3. The van der Waals surface area contributed by atoms with Crippen molar-refractivity contribution in [1.29, 1.82) is 0 Å². The van der Waals surface area contributed by atoms with Crippen LogP contribution in [0.4, 0.5) is 19.0 Å². The molecule has 0 fully saturated rings. The molecule has 1 heterocycles. The molecule has 0 radical (unpaired) electrons. The van der Waals surface area contributed by atoms with E-state index in [0.717, 1.165) is 12.3 Å². The lowest BCUT2D eigenvalue weighted by Gasteiger charge is -2.11. The van der Waals surface area contributed by atoms with Gasteiger partial charge in [0, 0.05) is 25.5 Å². The third-order valence-corrected chi connectivity index (χ3v) is 4.33. The van der Waals surface area contributed by atoms with Crippen molar-refractivity contribution in [2.24, 2.45) is 0 Å². The number of pyridine rings is 1. The lowest BCUT2D eigenvalue weighted by Crippen LogP contribution is -2.39. The van der Waals surface area contributed by atoms with Crippen molar-refractivity contribution in [2.45, 2.75) is 18.3 Å². The summed E-state index contributed by atoms with van der Waals surface area (Å²) < 4.78 is 59.3. The van der Waals surface area contributed by atoms with Gasteiger partial charge in [0.05, 0.1) is 5.56 Å². The van der Waals surface area contributed by atoms with Gasteiger partial charge in [-0.25, -0.2) is 13.4 Å². The summed E-state index contributed by atoms with van der Waals surface area (Å²) >= 11 is 0. The number of nitrogens with one attached hydrogen (secondary N) is 2. The van der Waals surface area contributed by atoms with E-state index < -0.39 is 32.7 Å². The van der Waals surface area contributed by atoms with Crippen LogP contribution in [-0.4, -0.2) is 43.9 Å². The Balaban J connectivity index is 2.41. The summed E-state index contributed by atoms with van der Waals surface area (Å²) in [4.78, 5) is 15.1. The predicted octanol–water partition coefficient (Wildman–Crippen LogP) is 1.06. The third-order valence-electron chi connectivity index (χ3n) is 2.83. The number of amides is 1. The van der Waals surface area contributed by atoms with Gasteiger partial charge in [-0.3, -0.25) is 4.79 Å². The Hall–Kier alpha value is -1.84. The molecule has 124 valence electrons. The summed E-state index contributed by atoms with van der Waals surface area (Å²) in [7, 11) is -3.46. The minimum Gasteiger partial charge on any atom is -0.368 e.